The van der Waals surface area contributed by atoms with Crippen LogP contribution in [-0.2, 0) is 11.2 Å². The van der Waals surface area contributed by atoms with E-state index in [1.54, 1.807) is 42.7 Å². The lowest BCUT2D eigenvalue weighted by atomic mass is 9.97. The summed E-state index contributed by atoms with van der Waals surface area (Å²) in [5.74, 6) is 4.26. The van der Waals surface area contributed by atoms with Gasteiger partial charge in [-0.25, -0.2) is 0 Å². The zero-order valence-corrected chi connectivity index (χ0v) is 29.6. The summed E-state index contributed by atoms with van der Waals surface area (Å²) in [6.45, 7) is 0. The summed E-state index contributed by atoms with van der Waals surface area (Å²) in [5, 5.41) is 0. The molecule has 8 heteroatoms. The number of rotatable bonds is 12. The molecule has 254 valence electrons. The molecule has 0 fully saturated rings. The van der Waals surface area contributed by atoms with E-state index >= 15 is 0 Å². The fourth-order valence-electron chi connectivity index (χ4n) is 5.93. The maximum atomic E-state index is 14.9. The molecular weight excluding hydrogens is 649 g/mol. The normalized spacial score (nSPS) is 10.9. The van der Waals surface area contributed by atoms with E-state index in [0.29, 0.717) is 21.3 Å². The van der Waals surface area contributed by atoms with Gasteiger partial charge in [0.15, 0.2) is 9.79 Å². The highest BCUT2D eigenvalue weighted by atomic mass is 32.2. The van der Waals surface area contributed by atoms with Crippen LogP contribution < -0.4 is 28.4 Å². The third-order valence-electron chi connectivity index (χ3n) is 8.57. The smallest absolute Gasteiger partial charge is 0.159 e. The largest absolute Gasteiger partial charge is 0.606 e. The Kier molecular flexibility index (Phi) is 10.5. The number of hydrogen-bond donors (Lipinski definition) is 0. The van der Waals surface area contributed by atoms with Gasteiger partial charge in [-0.3, -0.25) is 0 Å². The first-order valence-electron chi connectivity index (χ1n) is 15.8. The standard InChI is InChI=1S/C42H38O7S/c1-44-31-15-7-27(8-16-31)37-23-35(24-38(41(37)48-5)28-9-17-32(45-2)18-10-28)50(43)36-25-39(29-11-19-33(46-3)20-12-29)42(49-6)40(26-36)30-13-21-34(47-4)22-14-30/h7-26H,1-6H3. The molecule has 0 aliphatic carbocycles. The zero-order valence-electron chi connectivity index (χ0n) is 28.8. The maximum absolute atomic E-state index is 14.9. The van der Waals surface area contributed by atoms with Gasteiger partial charge >= 0.3 is 0 Å². The maximum Gasteiger partial charge on any atom is 0.159 e. The van der Waals surface area contributed by atoms with E-state index < -0.39 is 11.2 Å². The van der Waals surface area contributed by atoms with E-state index in [0.717, 1.165) is 67.5 Å². The summed E-state index contributed by atoms with van der Waals surface area (Å²) in [4.78, 5) is 1.21. The quantitative estimate of drug-likeness (QED) is 0.119. The number of methoxy groups -OCH3 is 6. The number of hydrogen-bond acceptors (Lipinski definition) is 7. The van der Waals surface area contributed by atoms with Gasteiger partial charge in [-0.05, 0) is 70.8 Å². The molecule has 0 atom stereocenters. The average molecular weight is 687 g/mol. The van der Waals surface area contributed by atoms with Crippen molar-refractivity contribution in [2.75, 3.05) is 42.7 Å². The highest BCUT2D eigenvalue weighted by Gasteiger charge is 2.26. The van der Waals surface area contributed by atoms with Crippen LogP contribution in [0.1, 0.15) is 0 Å². The molecule has 0 spiro atoms. The van der Waals surface area contributed by atoms with Crippen molar-refractivity contribution in [3.63, 3.8) is 0 Å². The molecule has 0 amide bonds. The van der Waals surface area contributed by atoms with Crippen molar-refractivity contribution in [2.24, 2.45) is 0 Å². The predicted molar refractivity (Wildman–Crippen MR) is 199 cm³/mol. The monoisotopic (exact) mass is 686 g/mol. The van der Waals surface area contributed by atoms with Crippen molar-refractivity contribution in [2.45, 2.75) is 9.79 Å². The van der Waals surface area contributed by atoms with E-state index in [2.05, 4.69) is 0 Å². The molecule has 6 aromatic carbocycles. The molecule has 0 aromatic heterocycles. The van der Waals surface area contributed by atoms with E-state index in [-0.39, 0.29) is 0 Å². The molecule has 0 N–H and O–H groups in total. The minimum Gasteiger partial charge on any atom is -0.606 e. The van der Waals surface area contributed by atoms with Gasteiger partial charge in [0.1, 0.15) is 34.5 Å². The Morgan fingerprint density at radius 1 is 0.340 bits per heavy atom. The Bertz CT molecular complexity index is 1770. The molecule has 50 heavy (non-hydrogen) atoms. The van der Waals surface area contributed by atoms with Crippen LogP contribution >= 0.6 is 0 Å². The Hall–Kier alpha value is -5.57. The van der Waals surface area contributed by atoms with Crippen molar-refractivity contribution in [3.05, 3.63) is 121 Å². The predicted octanol–water partition coefficient (Wildman–Crippen LogP) is 9.57. The van der Waals surface area contributed by atoms with Crippen LogP contribution in [0.15, 0.2) is 131 Å². The van der Waals surface area contributed by atoms with Crippen molar-refractivity contribution in [3.8, 4) is 79.0 Å². The van der Waals surface area contributed by atoms with E-state index in [1.165, 1.54) is 0 Å². The minimum absolute atomic E-state index is 0.606. The molecule has 0 saturated carbocycles. The summed E-state index contributed by atoms with van der Waals surface area (Å²) >= 11 is -1.64. The van der Waals surface area contributed by atoms with Gasteiger partial charge in [-0.1, -0.05) is 48.5 Å². The van der Waals surface area contributed by atoms with Crippen LogP contribution in [0.25, 0.3) is 44.5 Å². The summed E-state index contributed by atoms with van der Waals surface area (Å²) in [6, 6.07) is 38.7. The first-order valence-corrected chi connectivity index (χ1v) is 17.0. The van der Waals surface area contributed by atoms with Crippen LogP contribution in [0.2, 0.25) is 0 Å². The molecule has 6 aromatic rings. The minimum atomic E-state index is -1.64. The van der Waals surface area contributed by atoms with Gasteiger partial charge in [-0.15, -0.1) is 0 Å². The Morgan fingerprint density at radius 2 is 0.560 bits per heavy atom. The first kappa shape index (κ1) is 34.3. The lowest BCUT2D eigenvalue weighted by Gasteiger charge is -2.20. The average Bonchev–Trinajstić information content (AvgIpc) is 3.19. The third kappa shape index (κ3) is 6.94. The van der Waals surface area contributed by atoms with Gasteiger partial charge in [0.05, 0.1) is 42.7 Å². The second kappa shape index (κ2) is 15.3. The summed E-state index contributed by atoms with van der Waals surface area (Å²) in [7, 11) is 9.84. The van der Waals surface area contributed by atoms with Gasteiger partial charge in [0.2, 0.25) is 0 Å². The lowest BCUT2D eigenvalue weighted by molar-refractivity contribution is 0.414. The second-order valence-corrected chi connectivity index (χ2v) is 12.8. The van der Waals surface area contributed by atoms with Crippen LogP contribution in [0.4, 0.5) is 0 Å². The first-order chi connectivity index (χ1) is 24.4. The fourth-order valence-corrected chi connectivity index (χ4v) is 7.11. The topological polar surface area (TPSA) is 78.4 Å². The lowest BCUT2D eigenvalue weighted by Crippen LogP contribution is -2.06. The van der Waals surface area contributed by atoms with Crippen LogP contribution in [0.5, 0.6) is 34.5 Å². The van der Waals surface area contributed by atoms with Gasteiger partial charge in [0.25, 0.3) is 0 Å². The van der Waals surface area contributed by atoms with Gasteiger partial charge in [-0.2, -0.15) is 0 Å². The van der Waals surface area contributed by atoms with Gasteiger partial charge in [0, 0.05) is 57.7 Å². The Morgan fingerprint density at radius 3 is 0.740 bits per heavy atom. The Balaban J connectivity index is 1.58. The number of benzene rings is 6. The molecule has 6 rings (SSSR count). The summed E-state index contributed by atoms with van der Waals surface area (Å²) in [5.41, 5.74) is 6.76. The summed E-state index contributed by atoms with van der Waals surface area (Å²) < 4.78 is 48.7. The SMILES string of the molecule is COc1ccc(-c2cc([S+]([O-])c3cc(-c4ccc(OC)cc4)c(OC)c(-c4ccc(OC)cc4)c3)cc(-c3ccc(OC)cc3)c2OC)cc1. The molecule has 7 nitrogen and oxygen atoms in total. The van der Waals surface area contributed by atoms with Crippen molar-refractivity contribution < 1.29 is 33.0 Å². The molecule has 0 heterocycles. The van der Waals surface area contributed by atoms with Crippen molar-refractivity contribution in [1.82, 2.24) is 0 Å². The molecule has 0 aliphatic rings. The summed E-state index contributed by atoms with van der Waals surface area (Å²) in [6.07, 6.45) is 0. The van der Waals surface area contributed by atoms with Crippen molar-refractivity contribution >= 4 is 11.2 Å². The van der Waals surface area contributed by atoms with E-state index in [4.69, 9.17) is 28.4 Å². The molecule has 0 unspecified atom stereocenters. The molecular formula is C42H38O7S. The molecule has 0 saturated heterocycles. The van der Waals surface area contributed by atoms with E-state index in [9.17, 15) is 4.55 Å². The fraction of sp³-hybridized carbons (Fsp3) is 0.143. The second-order valence-electron chi connectivity index (χ2n) is 11.3. The van der Waals surface area contributed by atoms with Crippen molar-refractivity contribution in [1.29, 1.82) is 0 Å². The molecule has 0 bridgehead atoms. The highest BCUT2D eigenvalue weighted by molar-refractivity contribution is 7.91. The zero-order chi connectivity index (χ0) is 35.2. The van der Waals surface area contributed by atoms with Crippen LogP contribution in [-0.4, -0.2) is 47.2 Å². The Labute approximate surface area is 296 Å². The van der Waals surface area contributed by atoms with E-state index in [1.807, 2.05) is 121 Å². The number of ether oxygens (including phenoxy) is 6. The van der Waals surface area contributed by atoms with Crippen LogP contribution in [0.3, 0.4) is 0 Å². The highest BCUT2D eigenvalue weighted by Crippen LogP contribution is 2.46. The molecule has 0 aliphatic heterocycles. The van der Waals surface area contributed by atoms with Crippen LogP contribution in [0, 0.1) is 0 Å². The molecule has 0 radical (unpaired) electrons. The third-order valence-corrected chi connectivity index (χ3v) is 9.89. The van der Waals surface area contributed by atoms with Gasteiger partial charge < -0.3 is 33.0 Å².